The normalized spacial score (nSPS) is 10.1. The number of rotatable bonds is 4. The zero-order valence-electron chi connectivity index (χ0n) is 11.9. The summed E-state index contributed by atoms with van der Waals surface area (Å²) in [5.74, 6) is 1.48. The molecule has 0 aliphatic heterocycles. The molecule has 0 aliphatic carbocycles. The van der Waals surface area contributed by atoms with Gasteiger partial charge in [-0.05, 0) is 54.8 Å². The van der Waals surface area contributed by atoms with E-state index in [0.29, 0.717) is 11.3 Å². The highest BCUT2D eigenvalue weighted by molar-refractivity contribution is 7.98. The van der Waals surface area contributed by atoms with Gasteiger partial charge in [0.1, 0.15) is 11.8 Å². The highest BCUT2D eigenvalue weighted by atomic mass is 32.2. The predicted octanol–water partition coefficient (Wildman–Crippen LogP) is 4.48. The fourth-order valence-electron chi connectivity index (χ4n) is 1.90. The van der Waals surface area contributed by atoms with Crippen LogP contribution in [0.3, 0.4) is 0 Å². The Hall–Kier alpha value is -1.92. The van der Waals surface area contributed by atoms with Crippen LogP contribution in [-0.2, 0) is 5.75 Å². The number of hydrogen-bond acceptors (Lipinski definition) is 3. The predicted molar refractivity (Wildman–Crippen MR) is 83.2 cm³/mol. The van der Waals surface area contributed by atoms with Crippen LogP contribution in [0.15, 0.2) is 41.3 Å². The maximum Gasteiger partial charge on any atom is 0.136 e. The van der Waals surface area contributed by atoms with Crippen LogP contribution in [-0.4, -0.2) is 7.11 Å². The lowest BCUT2D eigenvalue weighted by Crippen LogP contribution is -1.90. The number of aryl methyl sites for hydroxylation is 2. The van der Waals surface area contributed by atoms with E-state index in [9.17, 15) is 0 Å². The first kappa shape index (κ1) is 14.5. The molecule has 0 radical (unpaired) electrons. The quantitative estimate of drug-likeness (QED) is 0.776. The third kappa shape index (κ3) is 3.34. The molecule has 2 nitrogen and oxygen atoms in total. The van der Waals surface area contributed by atoms with Gasteiger partial charge in [-0.25, -0.2) is 0 Å². The molecule has 102 valence electrons. The van der Waals surface area contributed by atoms with E-state index in [4.69, 9.17) is 10.00 Å². The molecule has 2 rings (SSSR count). The molecule has 2 aromatic rings. The summed E-state index contributed by atoms with van der Waals surface area (Å²) in [5.41, 5.74) is 4.34. The van der Waals surface area contributed by atoms with Gasteiger partial charge in [0, 0.05) is 10.6 Å². The van der Waals surface area contributed by atoms with Gasteiger partial charge in [-0.1, -0.05) is 12.1 Å². The van der Waals surface area contributed by atoms with Gasteiger partial charge in [-0.3, -0.25) is 0 Å². The number of methoxy groups -OCH3 is 1. The lowest BCUT2D eigenvalue weighted by Gasteiger charge is -2.07. The Kier molecular flexibility index (Phi) is 4.70. The number of thioether (sulfide) groups is 1. The highest BCUT2D eigenvalue weighted by Gasteiger charge is 2.04. The van der Waals surface area contributed by atoms with Crippen LogP contribution in [0.5, 0.6) is 5.75 Å². The van der Waals surface area contributed by atoms with Crippen molar-refractivity contribution in [3.05, 3.63) is 58.7 Å². The van der Waals surface area contributed by atoms with E-state index >= 15 is 0 Å². The van der Waals surface area contributed by atoms with Gasteiger partial charge in [0.25, 0.3) is 0 Å². The first-order valence-electron chi connectivity index (χ1n) is 6.41. The number of hydrogen-bond donors (Lipinski definition) is 0. The number of nitriles is 1. The van der Waals surface area contributed by atoms with Gasteiger partial charge in [-0.2, -0.15) is 5.26 Å². The van der Waals surface area contributed by atoms with Crippen LogP contribution in [0.2, 0.25) is 0 Å². The standard InChI is InChI=1S/C17H17NOS/c1-12-4-6-16(8-13(12)2)20-11-14-5-7-17(19-3)15(9-14)10-18/h4-9H,11H2,1-3H3. The van der Waals surface area contributed by atoms with E-state index < -0.39 is 0 Å². The summed E-state index contributed by atoms with van der Waals surface area (Å²) in [6.07, 6.45) is 0. The van der Waals surface area contributed by atoms with Crippen LogP contribution in [0.4, 0.5) is 0 Å². The Morgan fingerprint density at radius 1 is 1.10 bits per heavy atom. The molecule has 20 heavy (non-hydrogen) atoms. The Labute approximate surface area is 124 Å². The minimum absolute atomic E-state index is 0.589. The molecule has 0 amide bonds. The molecule has 2 aromatic carbocycles. The lowest BCUT2D eigenvalue weighted by molar-refractivity contribution is 0.413. The van der Waals surface area contributed by atoms with Gasteiger partial charge in [-0.15, -0.1) is 11.8 Å². The molecule has 0 bridgehead atoms. The van der Waals surface area contributed by atoms with Crippen molar-refractivity contribution in [3.8, 4) is 11.8 Å². The van der Waals surface area contributed by atoms with Gasteiger partial charge < -0.3 is 4.74 Å². The van der Waals surface area contributed by atoms with Crippen molar-refractivity contribution < 1.29 is 4.74 Å². The highest BCUT2D eigenvalue weighted by Crippen LogP contribution is 2.27. The maximum atomic E-state index is 9.09. The SMILES string of the molecule is COc1ccc(CSc2ccc(C)c(C)c2)cc1C#N. The van der Waals surface area contributed by atoms with Crippen molar-refractivity contribution in [1.29, 1.82) is 5.26 Å². The molecule has 0 heterocycles. The van der Waals surface area contributed by atoms with E-state index in [1.54, 1.807) is 18.9 Å². The van der Waals surface area contributed by atoms with Crippen molar-refractivity contribution in [2.24, 2.45) is 0 Å². The molecule has 0 aromatic heterocycles. The van der Waals surface area contributed by atoms with Crippen LogP contribution in [0.25, 0.3) is 0 Å². The second-order valence-electron chi connectivity index (χ2n) is 4.68. The zero-order valence-corrected chi connectivity index (χ0v) is 12.8. The minimum Gasteiger partial charge on any atom is -0.495 e. The zero-order chi connectivity index (χ0) is 14.5. The van der Waals surface area contributed by atoms with E-state index in [-0.39, 0.29) is 0 Å². The van der Waals surface area contributed by atoms with Gasteiger partial charge in [0.2, 0.25) is 0 Å². The van der Waals surface area contributed by atoms with E-state index in [0.717, 1.165) is 11.3 Å². The third-order valence-electron chi connectivity index (χ3n) is 3.27. The molecular weight excluding hydrogens is 266 g/mol. The summed E-state index contributed by atoms with van der Waals surface area (Å²) >= 11 is 1.78. The average Bonchev–Trinajstić information content (AvgIpc) is 2.48. The van der Waals surface area contributed by atoms with E-state index in [2.05, 4.69) is 38.1 Å². The van der Waals surface area contributed by atoms with Crippen LogP contribution in [0.1, 0.15) is 22.3 Å². The summed E-state index contributed by atoms with van der Waals surface area (Å²) in [6.45, 7) is 4.24. The van der Waals surface area contributed by atoms with Crippen molar-refractivity contribution in [2.45, 2.75) is 24.5 Å². The van der Waals surface area contributed by atoms with Crippen molar-refractivity contribution in [1.82, 2.24) is 0 Å². The third-order valence-corrected chi connectivity index (χ3v) is 4.33. The maximum absolute atomic E-state index is 9.09. The van der Waals surface area contributed by atoms with Crippen molar-refractivity contribution in [2.75, 3.05) is 7.11 Å². The topological polar surface area (TPSA) is 33.0 Å². The second-order valence-corrected chi connectivity index (χ2v) is 5.73. The molecule has 0 saturated carbocycles. The molecule has 0 spiro atoms. The Morgan fingerprint density at radius 2 is 1.90 bits per heavy atom. The van der Waals surface area contributed by atoms with E-state index in [1.165, 1.54) is 16.0 Å². The number of ether oxygens (including phenoxy) is 1. The monoisotopic (exact) mass is 283 g/mol. The Bertz CT molecular complexity index is 659. The smallest absolute Gasteiger partial charge is 0.136 e. The lowest BCUT2D eigenvalue weighted by atomic mass is 10.1. The Balaban J connectivity index is 2.11. The molecule has 0 unspecified atom stereocenters. The van der Waals surface area contributed by atoms with Crippen LogP contribution in [0, 0.1) is 25.2 Å². The number of benzene rings is 2. The first-order chi connectivity index (χ1) is 9.63. The molecule has 0 atom stereocenters. The van der Waals surface area contributed by atoms with Crippen molar-refractivity contribution >= 4 is 11.8 Å². The molecule has 3 heteroatoms. The summed E-state index contributed by atoms with van der Waals surface area (Å²) in [5, 5.41) is 9.09. The molecular formula is C17H17NOS. The second kappa shape index (κ2) is 6.49. The molecule has 0 N–H and O–H groups in total. The van der Waals surface area contributed by atoms with Crippen molar-refractivity contribution in [3.63, 3.8) is 0 Å². The van der Waals surface area contributed by atoms with Crippen LogP contribution >= 0.6 is 11.8 Å². The summed E-state index contributed by atoms with van der Waals surface area (Å²) in [4.78, 5) is 1.25. The van der Waals surface area contributed by atoms with Gasteiger partial charge in [0.15, 0.2) is 0 Å². The number of nitrogens with zero attached hydrogens (tertiary/aromatic N) is 1. The largest absolute Gasteiger partial charge is 0.495 e. The van der Waals surface area contributed by atoms with E-state index in [1.807, 2.05) is 18.2 Å². The fraction of sp³-hybridized carbons (Fsp3) is 0.235. The first-order valence-corrected chi connectivity index (χ1v) is 7.39. The Morgan fingerprint density at radius 3 is 2.55 bits per heavy atom. The molecule has 0 saturated heterocycles. The fourth-order valence-corrected chi connectivity index (χ4v) is 2.84. The summed E-state index contributed by atoms with van der Waals surface area (Å²) in [7, 11) is 1.58. The molecule has 0 aliphatic rings. The molecule has 0 fully saturated rings. The minimum atomic E-state index is 0.589. The van der Waals surface area contributed by atoms with Crippen LogP contribution < -0.4 is 4.74 Å². The summed E-state index contributed by atoms with van der Waals surface area (Å²) < 4.78 is 5.15. The average molecular weight is 283 g/mol. The summed E-state index contributed by atoms with van der Waals surface area (Å²) in [6, 6.07) is 14.4. The van der Waals surface area contributed by atoms with Gasteiger partial charge >= 0.3 is 0 Å². The van der Waals surface area contributed by atoms with Gasteiger partial charge in [0.05, 0.1) is 12.7 Å².